The average Bonchev–Trinajstić information content (AvgIpc) is 2.45. The molecule has 0 atom stereocenters. The summed E-state index contributed by atoms with van der Waals surface area (Å²) in [4.78, 5) is 2.40. The van der Waals surface area contributed by atoms with Gasteiger partial charge in [0.2, 0.25) is 0 Å². The van der Waals surface area contributed by atoms with Gasteiger partial charge in [0, 0.05) is 25.7 Å². The summed E-state index contributed by atoms with van der Waals surface area (Å²) in [7, 11) is 0. The van der Waals surface area contributed by atoms with Crippen molar-refractivity contribution in [1.29, 1.82) is 5.26 Å². The van der Waals surface area contributed by atoms with Gasteiger partial charge in [-0.3, -0.25) is 0 Å². The molecular weight excluding hydrogens is 258 g/mol. The molecule has 1 N–H and O–H groups in total. The Labute approximate surface area is 129 Å². The molecule has 3 heteroatoms. The molecule has 1 heterocycles. The van der Waals surface area contributed by atoms with Crippen LogP contribution in [-0.4, -0.2) is 19.1 Å². The first kappa shape index (κ1) is 15.9. The maximum absolute atomic E-state index is 9.48. The number of benzene rings is 1. The molecule has 0 amide bonds. The minimum Gasteiger partial charge on any atom is -0.370 e. The van der Waals surface area contributed by atoms with E-state index in [2.05, 4.69) is 42.3 Å². The van der Waals surface area contributed by atoms with E-state index in [-0.39, 0.29) is 0 Å². The van der Waals surface area contributed by atoms with Crippen molar-refractivity contribution < 1.29 is 0 Å². The number of hydrogen-bond acceptors (Lipinski definition) is 3. The van der Waals surface area contributed by atoms with E-state index in [9.17, 15) is 5.26 Å². The first-order chi connectivity index (χ1) is 10.2. The Morgan fingerprint density at radius 2 is 1.81 bits per heavy atom. The van der Waals surface area contributed by atoms with E-state index in [4.69, 9.17) is 0 Å². The monoisotopic (exact) mass is 285 g/mol. The number of hydrogen-bond donors (Lipinski definition) is 1. The van der Waals surface area contributed by atoms with Crippen molar-refractivity contribution in [3.63, 3.8) is 0 Å². The molecule has 1 aromatic carbocycles. The highest BCUT2D eigenvalue weighted by molar-refractivity contribution is 5.60. The second kappa shape index (κ2) is 8.05. The molecule has 0 aromatic heterocycles. The molecule has 0 saturated carbocycles. The SMILES string of the molecule is CC(C)NCc1ccc(N2CCCCCCC2)c(C#N)c1. The molecule has 2 rings (SSSR count). The van der Waals surface area contributed by atoms with Crippen LogP contribution in [0.1, 0.15) is 57.1 Å². The zero-order valence-corrected chi connectivity index (χ0v) is 13.4. The molecule has 1 aromatic rings. The molecule has 114 valence electrons. The first-order valence-electron chi connectivity index (χ1n) is 8.22. The van der Waals surface area contributed by atoms with E-state index >= 15 is 0 Å². The molecule has 0 unspecified atom stereocenters. The molecule has 0 bridgehead atoms. The van der Waals surface area contributed by atoms with Crippen LogP contribution in [0.4, 0.5) is 5.69 Å². The van der Waals surface area contributed by atoms with Gasteiger partial charge in [0.05, 0.1) is 11.3 Å². The fourth-order valence-electron chi connectivity index (χ4n) is 2.87. The topological polar surface area (TPSA) is 39.1 Å². The van der Waals surface area contributed by atoms with Gasteiger partial charge in [-0.2, -0.15) is 5.26 Å². The van der Waals surface area contributed by atoms with Crippen LogP contribution in [0.2, 0.25) is 0 Å². The van der Waals surface area contributed by atoms with Crippen molar-refractivity contribution in [2.45, 2.75) is 58.5 Å². The van der Waals surface area contributed by atoms with Crippen LogP contribution in [0.3, 0.4) is 0 Å². The molecular formula is C18H27N3. The van der Waals surface area contributed by atoms with E-state index < -0.39 is 0 Å². The second-order valence-electron chi connectivity index (χ2n) is 6.25. The normalized spacial score (nSPS) is 16.4. The predicted molar refractivity (Wildman–Crippen MR) is 88.4 cm³/mol. The smallest absolute Gasteiger partial charge is 0.101 e. The van der Waals surface area contributed by atoms with Gasteiger partial charge in [-0.25, -0.2) is 0 Å². The molecule has 1 fully saturated rings. The average molecular weight is 285 g/mol. The Morgan fingerprint density at radius 1 is 1.14 bits per heavy atom. The van der Waals surface area contributed by atoms with Gasteiger partial charge in [0.1, 0.15) is 6.07 Å². The van der Waals surface area contributed by atoms with Crippen molar-refractivity contribution in [2.75, 3.05) is 18.0 Å². The number of nitriles is 1. The number of nitrogens with one attached hydrogen (secondary N) is 1. The quantitative estimate of drug-likeness (QED) is 0.914. The highest BCUT2D eigenvalue weighted by atomic mass is 15.1. The van der Waals surface area contributed by atoms with Crippen LogP contribution in [0, 0.1) is 11.3 Å². The van der Waals surface area contributed by atoms with E-state index in [1.54, 1.807) is 0 Å². The fraction of sp³-hybridized carbons (Fsp3) is 0.611. The molecule has 3 nitrogen and oxygen atoms in total. The molecule has 1 aliphatic heterocycles. The van der Waals surface area contributed by atoms with E-state index in [1.807, 2.05) is 6.07 Å². The zero-order valence-electron chi connectivity index (χ0n) is 13.4. The number of rotatable bonds is 4. The number of anilines is 1. The van der Waals surface area contributed by atoms with Gasteiger partial charge in [0.25, 0.3) is 0 Å². The Kier molecular flexibility index (Phi) is 6.07. The minimum absolute atomic E-state index is 0.463. The van der Waals surface area contributed by atoms with E-state index in [0.717, 1.165) is 30.9 Å². The van der Waals surface area contributed by atoms with Crippen molar-refractivity contribution in [3.05, 3.63) is 29.3 Å². The molecule has 0 radical (unpaired) electrons. The molecule has 1 saturated heterocycles. The maximum atomic E-state index is 9.48. The fourth-order valence-corrected chi connectivity index (χ4v) is 2.87. The molecule has 0 aliphatic carbocycles. The lowest BCUT2D eigenvalue weighted by molar-refractivity contribution is 0.556. The lowest BCUT2D eigenvalue weighted by atomic mass is 10.0. The van der Waals surface area contributed by atoms with Crippen molar-refractivity contribution in [2.24, 2.45) is 0 Å². The van der Waals surface area contributed by atoms with Crippen LogP contribution in [-0.2, 0) is 6.54 Å². The lowest BCUT2D eigenvalue weighted by Crippen LogP contribution is -2.28. The number of nitrogens with zero attached hydrogens (tertiary/aromatic N) is 2. The Hall–Kier alpha value is -1.53. The summed E-state index contributed by atoms with van der Waals surface area (Å²) >= 11 is 0. The first-order valence-corrected chi connectivity index (χ1v) is 8.22. The third-order valence-corrected chi connectivity index (χ3v) is 4.09. The highest BCUT2D eigenvalue weighted by Crippen LogP contribution is 2.24. The van der Waals surface area contributed by atoms with Gasteiger partial charge < -0.3 is 10.2 Å². The Morgan fingerprint density at radius 3 is 2.43 bits per heavy atom. The van der Waals surface area contributed by atoms with Crippen molar-refractivity contribution in [1.82, 2.24) is 5.32 Å². The third kappa shape index (κ3) is 4.75. The van der Waals surface area contributed by atoms with Gasteiger partial charge in [0.15, 0.2) is 0 Å². The summed E-state index contributed by atoms with van der Waals surface area (Å²) < 4.78 is 0. The van der Waals surface area contributed by atoms with Gasteiger partial charge in [-0.15, -0.1) is 0 Å². The van der Waals surface area contributed by atoms with Crippen LogP contribution < -0.4 is 10.2 Å². The van der Waals surface area contributed by atoms with Crippen LogP contribution in [0.5, 0.6) is 0 Å². The second-order valence-corrected chi connectivity index (χ2v) is 6.25. The zero-order chi connectivity index (χ0) is 15.1. The van der Waals surface area contributed by atoms with Crippen molar-refractivity contribution in [3.8, 4) is 6.07 Å². The van der Waals surface area contributed by atoms with Gasteiger partial charge in [-0.1, -0.05) is 39.2 Å². The standard InChI is InChI=1S/C18H27N3/c1-15(2)20-14-16-8-9-18(17(12-16)13-19)21-10-6-4-3-5-7-11-21/h8-9,12,15,20H,3-7,10-11,14H2,1-2H3. The van der Waals surface area contributed by atoms with Crippen LogP contribution in [0.25, 0.3) is 0 Å². The Bertz CT molecular complexity index is 480. The van der Waals surface area contributed by atoms with Gasteiger partial charge in [-0.05, 0) is 30.5 Å². The van der Waals surface area contributed by atoms with Crippen molar-refractivity contribution >= 4 is 5.69 Å². The predicted octanol–water partition coefficient (Wildman–Crippen LogP) is 3.83. The Balaban J connectivity index is 2.13. The van der Waals surface area contributed by atoms with Crippen LogP contribution in [0.15, 0.2) is 18.2 Å². The minimum atomic E-state index is 0.463. The van der Waals surface area contributed by atoms with E-state index in [0.29, 0.717) is 6.04 Å². The van der Waals surface area contributed by atoms with Crippen LogP contribution >= 0.6 is 0 Å². The summed E-state index contributed by atoms with van der Waals surface area (Å²) in [6, 6.07) is 9.19. The molecule has 0 spiro atoms. The molecule has 21 heavy (non-hydrogen) atoms. The highest BCUT2D eigenvalue weighted by Gasteiger charge is 2.13. The summed E-state index contributed by atoms with van der Waals surface area (Å²) in [5.41, 5.74) is 3.13. The molecule has 1 aliphatic rings. The lowest BCUT2D eigenvalue weighted by Gasteiger charge is -2.28. The third-order valence-electron chi connectivity index (χ3n) is 4.09. The maximum Gasteiger partial charge on any atom is 0.101 e. The van der Waals surface area contributed by atoms with Gasteiger partial charge >= 0.3 is 0 Å². The summed E-state index contributed by atoms with van der Waals surface area (Å²) in [6.45, 7) is 7.27. The largest absolute Gasteiger partial charge is 0.370 e. The summed E-state index contributed by atoms with van der Waals surface area (Å²) in [5, 5.41) is 12.9. The summed E-state index contributed by atoms with van der Waals surface area (Å²) in [5.74, 6) is 0. The van der Waals surface area contributed by atoms with E-state index in [1.165, 1.54) is 37.7 Å². The summed E-state index contributed by atoms with van der Waals surface area (Å²) in [6.07, 6.45) is 6.46.